The Morgan fingerprint density at radius 1 is 0.894 bits per heavy atom. The van der Waals surface area contributed by atoms with Crippen LogP contribution in [0.15, 0.2) is 91.0 Å². The summed E-state index contributed by atoms with van der Waals surface area (Å²) in [5, 5.41) is 0.663. The highest BCUT2D eigenvalue weighted by Gasteiger charge is 2.29. The molecule has 1 heterocycles. The standard InChI is InChI=1S/C39H46ClNO5S/c1-5-45-38(43)39(2,3)23-10-24-41(26-30-15-18-31(19-16-30)37(42)44-4)27-36(32-13-9-14-33(40)25-32)46-28-35-22-21-34(47-35)20-17-29-11-7-6-8-12-29/h6-9,11-16,18-19,21-22,25,36H,5,10,17,20,23-24,26-28H2,1-4H3. The molecule has 1 atom stereocenters. The molecule has 0 bridgehead atoms. The van der Waals surface area contributed by atoms with Gasteiger partial charge in [-0.15, -0.1) is 11.3 Å². The van der Waals surface area contributed by atoms with E-state index in [-0.39, 0.29) is 18.0 Å². The molecular formula is C39H46ClNO5S. The summed E-state index contributed by atoms with van der Waals surface area (Å²) in [4.78, 5) is 29.4. The van der Waals surface area contributed by atoms with Crippen LogP contribution in [0.4, 0.5) is 0 Å². The molecule has 4 aromatic rings. The van der Waals surface area contributed by atoms with Crippen molar-refractivity contribution in [1.29, 1.82) is 0 Å². The van der Waals surface area contributed by atoms with Crippen LogP contribution in [0.2, 0.25) is 5.02 Å². The molecular weight excluding hydrogens is 630 g/mol. The number of methoxy groups -OCH3 is 1. The third kappa shape index (κ3) is 11.6. The van der Waals surface area contributed by atoms with Crippen molar-refractivity contribution in [2.75, 3.05) is 26.8 Å². The van der Waals surface area contributed by atoms with Gasteiger partial charge in [-0.3, -0.25) is 9.69 Å². The minimum absolute atomic E-state index is 0.177. The Hall–Kier alpha value is -3.49. The zero-order valence-corrected chi connectivity index (χ0v) is 29.4. The highest BCUT2D eigenvalue weighted by molar-refractivity contribution is 7.11. The molecule has 0 aliphatic heterocycles. The number of nitrogens with zero attached hydrogens (tertiary/aromatic N) is 1. The summed E-state index contributed by atoms with van der Waals surface area (Å²) in [6, 6.07) is 30.3. The number of hydrogen-bond donors (Lipinski definition) is 0. The molecule has 1 unspecified atom stereocenters. The number of rotatable bonds is 18. The molecule has 8 heteroatoms. The Balaban J connectivity index is 1.49. The maximum Gasteiger partial charge on any atom is 0.337 e. The van der Waals surface area contributed by atoms with Gasteiger partial charge >= 0.3 is 11.9 Å². The van der Waals surface area contributed by atoms with Crippen LogP contribution in [-0.4, -0.2) is 43.6 Å². The second kappa shape index (κ2) is 18.2. The second-order valence-electron chi connectivity index (χ2n) is 12.3. The molecule has 1 aromatic heterocycles. The van der Waals surface area contributed by atoms with Gasteiger partial charge in [0.1, 0.15) is 0 Å². The summed E-state index contributed by atoms with van der Waals surface area (Å²) < 4.78 is 16.9. The number of esters is 2. The molecule has 0 aliphatic carbocycles. The van der Waals surface area contributed by atoms with Crippen LogP contribution >= 0.6 is 22.9 Å². The predicted molar refractivity (Wildman–Crippen MR) is 190 cm³/mol. The van der Waals surface area contributed by atoms with Gasteiger partial charge in [0, 0.05) is 27.9 Å². The Morgan fingerprint density at radius 2 is 1.64 bits per heavy atom. The van der Waals surface area contributed by atoms with Gasteiger partial charge in [0.25, 0.3) is 0 Å². The summed E-state index contributed by atoms with van der Waals surface area (Å²) in [6.07, 6.45) is 3.25. The summed E-state index contributed by atoms with van der Waals surface area (Å²) in [6.45, 7) is 8.57. The lowest BCUT2D eigenvalue weighted by molar-refractivity contribution is -0.153. The zero-order chi connectivity index (χ0) is 33.6. The Labute approximate surface area is 288 Å². The smallest absolute Gasteiger partial charge is 0.337 e. The van der Waals surface area contributed by atoms with Gasteiger partial charge in [0.2, 0.25) is 0 Å². The highest BCUT2D eigenvalue weighted by Crippen LogP contribution is 2.29. The van der Waals surface area contributed by atoms with Crippen LogP contribution in [0.25, 0.3) is 0 Å². The van der Waals surface area contributed by atoms with Crippen molar-refractivity contribution in [3.8, 4) is 0 Å². The van der Waals surface area contributed by atoms with E-state index in [1.165, 1.54) is 22.4 Å². The van der Waals surface area contributed by atoms with Gasteiger partial charge in [0.05, 0.1) is 37.4 Å². The van der Waals surface area contributed by atoms with E-state index in [0.717, 1.165) is 36.9 Å². The molecule has 47 heavy (non-hydrogen) atoms. The molecule has 4 rings (SSSR count). The van der Waals surface area contributed by atoms with Gasteiger partial charge in [-0.1, -0.05) is 66.2 Å². The second-order valence-corrected chi connectivity index (χ2v) is 14.0. The van der Waals surface area contributed by atoms with Crippen molar-refractivity contribution in [3.05, 3.63) is 128 Å². The Bertz CT molecular complexity index is 1550. The number of ether oxygens (including phenoxy) is 3. The van der Waals surface area contributed by atoms with Crippen molar-refractivity contribution in [1.82, 2.24) is 4.90 Å². The average Bonchev–Trinajstić information content (AvgIpc) is 3.53. The first-order valence-corrected chi connectivity index (χ1v) is 17.4. The summed E-state index contributed by atoms with van der Waals surface area (Å²) in [7, 11) is 1.38. The van der Waals surface area contributed by atoms with Crippen molar-refractivity contribution in [3.63, 3.8) is 0 Å². The van der Waals surface area contributed by atoms with E-state index in [4.69, 9.17) is 25.8 Å². The van der Waals surface area contributed by atoms with Gasteiger partial charge in [-0.05, 0) is 106 Å². The summed E-state index contributed by atoms with van der Waals surface area (Å²) >= 11 is 8.25. The van der Waals surface area contributed by atoms with Gasteiger partial charge in [-0.2, -0.15) is 0 Å². The minimum Gasteiger partial charge on any atom is -0.466 e. The molecule has 0 N–H and O–H groups in total. The number of aryl methyl sites for hydroxylation is 2. The van der Waals surface area contributed by atoms with Gasteiger partial charge in [0.15, 0.2) is 0 Å². The first kappa shape index (κ1) is 36.3. The maximum absolute atomic E-state index is 12.6. The molecule has 0 amide bonds. The van der Waals surface area contributed by atoms with Crippen molar-refractivity contribution < 1.29 is 23.8 Å². The fourth-order valence-corrected chi connectivity index (χ4v) is 6.59. The van der Waals surface area contributed by atoms with E-state index in [1.807, 2.05) is 57.2 Å². The fourth-order valence-electron chi connectivity index (χ4n) is 5.46. The third-order valence-electron chi connectivity index (χ3n) is 8.18. The largest absolute Gasteiger partial charge is 0.466 e. The highest BCUT2D eigenvalue weighted by atomic mass is 35.5. The Kier molecular flexibility index (Phi) is 14.0. The molecule has 0 aliphatic rings. The van der Waals surface area contributed by atoms with E-state index < -0.39 is 5.41 Å². The monoisotopic (exact) mass is 675 g/mol. The average molecular weight is 676 g/mol. The van der Waals surface area contributed by atoms with E-state index in [1.54, 1.807) is 23.5 Å². The van der Waals surface area contributed by atoms with Crippen LogP contribution in [0, 0.1) is 5.41 Å². The van der Waals surface area contributed by atoms with E-state index in [9.17, 15) is 9.59 Å². The number of halogens is 1. The van der Waals surface area contributed by atoms with Gasteiger partial charge < -0.3 is 14.2 Å². The lowest BCUT2D eigenvalue weighted by atomic mass is 9.88. The van der Waals surface area contributed by atoms with E-state index in [0.29, 0.717) is 43.3 Å². The molecule has 6 nitrogen and oxygen atoms in total. The third-order valence-corrected chi connectivity index (χ3v) is 9.53. The predicted octanol–water partition coefficient (Wildman–Crippen LogP) is 9.10. The number of carbonyl (C=O) groups is 2. The fraction of sp³-hybridized carbons (Fsp3) is 0.385. The SMILES string of the molecule is CCOC(=O)C(C)(C)CCCN(Cc1ccc(C(=O)OC)cc1)CC(OCc1ccc(CCc2ccccc2)s1)c1cccc(Cl)c1. The first-order valence-electron chi connectivity index (χ1n) is 16.2. The van der Waals surface area contributed by atoms with Crippen molar-refractivity contribution >= 4 is 34.9 Å². The number of thiophene rings is 1. The van der Waals surface area contributed by atoms with E-state index >= 15 is 0 Å². The topological polar surface area (TPSA) is 65.1 Å². The molecule has 0 saturated heterocycles. The molecule has 0 saturated carbocycles. The van der Waals surface area contributed by atoms with Gasteiger partial charge in [-0.25, -0.2) is 4.79 Å². The van der Waals surface area contributed by atoms with Crippen LogP contribution in [0.1, 0.15) is 76.5 Å². The number of benzene rings is 3. The number of carbonyl (C=O) groups excluding carboxylic acids is 2. The molecule has 0 spiro atoms. The van der Waals surface area contributed by atoms with E-state index in [2.05, 4.69) is 47.4 Å². The maximum atomic E-state index is 12.6. The summed E-state index contributed by atoms with van der Waals surface area (Å²) in [5.41, 5.74) is 3.35. The minimum atomic E-state index is -0.579. The van der Waals surface area contributed by atoms with Crippen molar-refractivity contribution in [2.45, 2.75) is 65.7 Å². The van der Waals surface area contributed by atoms with Crippen LogP contribution < -0.4 is 0 Å². The molecule has 250 valence electrons. The first-order chi connectivity index (χ1) is 22.7. The normalized spacial score (nSPS) is 12.2. The van der Waals surface area contributed by atoms with Crippen LogP contribution in [-0.2, 0) is 45.0 Å². The quantitative estimate of drug-likeness (QED) is 0.0981. The number of hydrogen-bond acceptors (Lipinski definition) is 7. The molecule has 0 fully saturated rings. The Morgan fingerprint density at radius 3 is 2.34 bits per heavy atom. The van der Waals surface area contributed by atoms with Crippen LogP contribution in [0.5, 0.6) is 0 Å². The summed E-state index contributed by atoms with van der Waals surface area (Å²) in [5.74, 6) is -0.537. The lowest BCUT2D eigenvalue weighted by Gasteiger charge is -2.30. The van der Waals surface area contributed by atoms with Crippen LogP contribution in [0.3, 0.4) is 0 Å². The molecule has 3 aromatic carbocycles. The zero-order valence-electron chi connectivity index (χ0n) is 27.9. The van der Waals surface area contributed by atoms with Crippen molar-refractivity contribution in [2.24, 2.45) is 5.41 Å². The molecule has 0 radical (unpaired) electrons. The lowest BCUT2D eigenvalue weighted by Crippen LogP contribution is -2.32.